The zero-order chi connectivity index (χ0) is 25.0. The summed E-state index contributed by atoms with van der Waals surface area (Å²) in [5, 5.41) is 15.0. The molecule has 3 rings (SSSR count). The van der Waals surface area contributed by atoms with Gasteiger partial charge in [-0.3, -0.25) is 14.5 Å². The third kappa shape index (κ3) is 6.27. The number of furan rings is 1. The van der Waals surface area contributed by atoms with Crippen LogP contribution in [0.1, 0.15) is 46.8 Å². The number of rotatable bonds is 8. The second-order valence-electron chi connectivity index (χ2n) is 9.65. The van der Waals surface area contributed by atoms with Crippen molar-refractivity contribution in [3.8, 4) is 11.6 Å². The summed E-state index contributed by atoms with van der Waals surface area (Å²) < 4.78 is 20.4. The van der Waals surface area contributed by atoms with E-state index in [9.17, 15) is 14.0 Å². The molecule has 9 nitrogen and oxygen atoms in total. The van der Waals surface area contributed by atoms with Crippen LogP contribution in [0.4, 0.5) is 10.1 Å². The van der Waals surface area contributed by atoms with Crippen molar-refractivity contribution in [1.29, 1.82) is 0 Å². The molecular weight excluding hydrogens is 439 g/mol. The maximum absolute atomic E-state index is 14.9. The third-order valence-electron chi connectivity index (χ3n) is 4.88. The molecular formula is C24H31FN6O3. The summed E-state index contributed by atoms with van der Waals surface area (Å²) in [6.07, 6.45) is 0.337. The van der Waals surface area contributed by atoms with Crippen molar-refractivity contribution in [3.63, 3.8) is 0 Å². The number of nitrogens with zero attached hydrogens (tertiary/aromatic N) is 5. The minimum Gasteiger partial charge on any atom is -0.458 e. The van der Waals surface area contributed by atoms with E-state index in [0.717, 1.165) is 4.80 Å². The molecule has 1 unspecified atom stereocenters. The highest BCUT2D eigenvalue weighted by Gasteiger charge is 2.35. The molecule has 0 bridgehead atoms. The van der Waals surface area contributed by atoms with Crippen molar-refractivity contribution in [2.24, 2.45) is 5.92 Å². The zero-order valence-corrected chi connectivity index (χ0v) is 20.4. The number of amides is 2. The number of hydrogen-bond donors (Lipinski definition) is 1. The smallest absolute Gasteiger partial charge is 0.251 e. The molecule has 0 aliphatic rings. The van der Waals surface area contributed by atoms with Crippen molar-refractivity contribution in [2.45, 2.75) is 66.1 Å². The van der Waals surface area contributed by atoms with Crippen LogP contribution >= 0.6 is 0 Å². The van der Waals surface area contributed by atoms with Gasteiger partial charge in [0.1, 0.15) is 24.2 Å². The number of aryl methyl sites for hydroxylation is 1. The quantitative estimate of drug-likeness (QED) is 0.538. The third-order valence-corrected chi connectivity index (χ3v) is 4.88. The molecule has 34 heavy (non-hydrogen) atoms. The number of tetrazole rings is 1. The van der Waals surface area contributed by atoms with Crippen LogP contribution in [0.5, 0.6) is 0 Å². The Balaban J connectivity index is 1.96. The maximum Gasteiger partial charge on any atom is 0.251 e. The molecule has 0 saturated carbocycles. The maximum atomic E-state index is 14.9. The molecule has 2 aromatic heterocycles. The van der Waals surface area contributed by atoms with E-state index in [4.69, 9.17) is 4.42 Å². The second-order valence-corrected chi connectivity index (χ2v) is 9.65. The number of para-hydroxylation sites is 1. The van der Waals surface area contributed by atoms with E-state index in [2.05, 4.69) is 20.7 Å². The molecule has 182 valence electrons. The first-order valence-corrected chi connectivity index (χ1v) is 11.2. The number of anilines is 1. The van der Waals surface area contributed by atoms with E-state index in [-0.39, 0.29) is 29.9 Å². The van der Waals surface area contributed by atoms with Gasteiger partial charge < -0.3 is 9.73 Å². The molecule has 10 heteroatoms. The normalized spacial score (nSPS) is 12.6. The van der Waals surface area contributed by atoms with Crippen LogP contribution in [0, 0.1) is 18.7 Å². The van der Waals surface area contributed by atoms with Gasteiger partial charge in [0.05, 0.1) is 5.69 Å². The second kappa shape index (κ2) is 10.1. The predicted molar refractivity (Wildman–Crippen MR) is 125 cm³/mol. The number of nitrogens with one attached hydrogen (secondary N) is 1. The summed E-state index contributed by atoms with van der Waals surface area (Å²) in [4.78, 5) is 29.1. The van der Waals surface area contributed by atoms with Crippen molar-refractivity contribution in [1.82, 2.24) is 25.5 Å². The van der Waals surface area contributed by atoms with Crippen molar-refractivity contribution in [2.75, 3.05) is 4.90 Å². The fourth-order valence-corrected chi connectivity index (χ4v) is 3.51. The lowest BCUT2D eigenvalue weighted by atomic mass is 9.99. The SMILES string of the molecule is Cc1ccc(-c2nnn(CC(=O)N(c3ccccc3F)C(CC(C)C)C(=O)NC(C)(C)C)n2)o1. The van der Waals surface area contributed by atoms with Crippen LogP contribution < -0.4 is 10.2 Å². The first kappa shape index (κ1) is 25.1. The van der Waals surface area contributed by atoms with Gasteiger partial charge in [-0.25, -0.2) is 4.39 Å². The number of hydrogen-bond acceptors (Lipinski definition) is 6. The summed E-state index contributed by atoms with van der Waals surface area (Å²) >= 11 is 0. The Kier molecular flexibility index (Phi) is 7.48. The number of carbonyl (C=O) groups excluding carboxylic acids is 2. The van der Waals surface area contributed by atoms with E-state index in [0.29, 0.717) is 17.9 Å². The first-order valence-electron chi connectivity index (χ1n) is 11.2. The van der Waals surface area contributed by atoms with Crippen LogP contribution in [0.15, 0.2) is 40.8 Å². The first-order chi connectivity index (χ1) is 15.9. The molecule has 0 radical (unpaired) electrons. The van der Waals surface area contributed by atoms with Gasteiger partial charge in [0, 0.05) is 5.54 Å². The summed E-state index contributed by atoms with van der Waals surface area (Å²) in [5.74, 6) is -0.112. The molecule has 0 spiro atoms. The topological polar surface area (TPSA) is 106 Å². The Hall–Kier alpha value is -3.56. The fourth-order valence-electron chi connectivity index (χ4n) is 3.51. The van der Waals surface area contributed by atoms with E-state index < -0.39 is 23.3 Å². The average molecular weight is 471 g/mol. The standard InChI is InChI=1S/C24H31FN6O3/c1-15(2)13-19(23(33)26-24(4,5)6)31(18-10-8-7-9-17(18)25)21(32)14-30-28-22(27-29-30)20-12-11-16(3)34-20/h7-12,15,19H,13-14H2,1-6H3,(H,26,33). The molecule has 1 aromatic carbocycles. The van der Waals surface area contributed by atoms with E-state index in [1.807, 2.05) is 34.6 Å². The highest BCUT2D eigenvalue weighted by molar-refractivity contribution is 6.00. The van der Waals surface area contributed by atoms with E-state index in [1.165, 1.54) is 23.1 Å². The minimum atomic E-state index is -0.931. The van der Waals surface area contributed by atoms with Gasteiger partial charge >= 0.3 is 0 Å². The summed E-state index contributed by atoms with van der Waals surface area (Å²) in [7, 11) is 0. The Morgan fingerprint density at radius 3 is 2.47 bits per heavy atom. The predicted octanol–water partition coefficient (Wildman–Crippen LogP) is 3.74. The van der Waals surface area contributed by atoms with Crippen LogP contribution in [0.2, 0.25) is 0 Å². The van der Waals surface area contributed by atoms with Gasteiger partial charge in [-0.05, 0) is 69.5 Å². The van der Waals surface area contributed by atoms with Gasteiger partial charge in [-0.1, -0.05) is 26.0 Å². The van der Waals surface area contributed by atoms with E-state index in [1.54, 1.807) is 25.1 Å². The van der Waals surface area contributed by atoms with Crippen LogP contribution in [0.25, 0.3) is 11.6 Å². The Morgan fingerprint density at radius 2 is 1.88 bits per heavy atom. The summed E-state index contributed by atoms with van der Waals surface area (Å²) in [6, 6.07) is 8.44. The molecule has 0 aliphatic carbocycles. The van der Waals surface area contributed by atoms with Gasteiger partial charge in [0.25, 0.3) is 5.91 Å². The number of halogens is 1. The van der Waals surface area contributed by atoms with E-state index >= 15 is 0 Å². The monoisotopic (exact) mass is 470 g/mol. The number of benzene rings is 1. The fraction of sp³-hybridized carbons (Fsp3) is 0.458. The minimum absolute atomic E-state index is 0.0178. The highest BCUT2D eigenvalue weighted by Crippen LogP contribution is 2.26. The molecule has 2 amide bonds. The Bertz CT molecular complexity index is 1150. The zero-order valence-electron chi connectivity index (χ0n) is 20.4. The van der Waals surface area contributed by atoms with Crippen LogP contribution in [-0.2, 0) is 16.1 Å². The lowest BCUT2D eigenvalue weighted by Gasteiger charge is -2.34. The average Bonchev–Trinajstić information content (AvgIpc) is 3.36. The molecule has 1 atom stereocenters. The van der Waals surface area contributed by atoms with Gasteiger partial charge in [0.2, 0.25) is 11.7 Å². The van der Waals surface area contributed by atoms with Gasteiger partial charge in [-0.2, -0.15) is 4.80 Å². The van der Waals surface area contributed by atoms with Crippen LogP contribution in [-0.4, -0.2) is 43.6 Å². The lowest BCUT2D eigenvalue weighted by molar-refractivity contribution is -0.128. The van der Waals surface area contributed by atoms with Crippen molar-refractivity contribution < 1.29 is 18.4 Å². The Morgan fingerprint density at radius 1 is 1.18 bits per heavy atom. The molecule has 3 aromatic rings. The van der Waals surface area contributed by atoms with Gasteiger partial charge in [-0.15, -0.1) is 10.2 Å². The van der Waals surface area contributed by atoms with Crippen LogP contribution in [0.3, 0.4) is 0 Å². The largest absolute Gasteiger partial charge is 0.458 e. The molecule has 2 heterocycles. The highest BCUT2D eigenvalue weighted by atomic mass is 19.1. The van der Waals surface area contributed by atoms with Crippen molar-refractivity contribution >= 4 is 17.5 Å². The summed E-state index contributed by atoms with van der Waals surface area (Å²) in [5.41, 5.74) is -0.510. The Labute approximate surface area is 198 Å². The van der Waals surface area contributed by atoms with Gasteiger partial charge in [0.15, 0.2) is 5.76 Å². The molecule has 0 fully saturated rings. The summed E-state index contributed by atoms with van der Waals surface area (Å²) in [6.45, 7) is 10.9. The number of carbonyl (C=O) groups is 2. The lowest BCUT2D eigenvalue weighted by Crippen LogP contribution is -2.55. The molecule has 0 aliphatic heterocycles. The number of aromatic nitrogens is 4. The molecule has 1 N–H and O–H groups in total. The molecule has 0 saturated heterocycles. The van der Waals surface area contributed by atoms with Crippen molar-refractivity contribution in [3.05, 3.63) is 48.0 Å².